The van der Waals surface area contributed by atoms with Crippen LogP contribution in [0.4, 0.5) is 5.69 Å². The van der Waals surface area contributed by atoms with E-state index in [-0.39, 0.29) is 0 Å². The van der Waals surface area contributed by atoms with Crippen LogP contribution in [0.2, 0.25) is 5.02 Å². The van der Waals surface area contributed by atoms with Crippen LogP contribution < -0.4 is 5.73 Å². The molecule has 0 aliphatic heterocycles. The van der Waals surface area contributed by atoms with Crippen molar-refractivity contribution in [2.45, 2.75) is 6.92 Å². The van der Waals surface area contributed by atoms with Gasteiger partial charge in [-0.05, 0) is 34.5 Å². The summed E-state index contributed by atoms with van der Waals surface area (Å²) in [4.78, 5) is 0. The lowest BCUT2D eigenvalue weighted by molar-refractivity contribution is 1.45. The highest BCUT2D eigenvalue weighted by atomic mass is 79.9. The number of hydrogen-bond acceptors (Lipinski definition) is 1. The molecule has 0 heterocycles. The number of halogens is 2. The summed E-state index contributed by atoms with van der Waals surface area (Å²) in [5, 5.41) is 0.694. The van der Waals surface area contributed by atoms with Gasteiger partial charge in [0.25, 0.3) is 0 Å². The molecule has 1 aromatic carbocycles. The third-order valence-corrected chi connectivity index (χ3v) is 2.87. The van der Waals surface area contributed by atoms with E-state index in [4.69, 9.17) is 17.3 Å². The minimum Gasteiger partial charge on any atom is -0.398 e. The molecule has 0 fully saturated rings. The van der Waals surface area contributed by atoms with E-state index >= 15 is 0 Å². The van der Waals surface area contributed by atoms with E-state index in [0.29, 0.717) is 10.7 Å². The number of nitrogen functional groups attached to an aromatic ring is 1. The lowest BCUT2D eigenvalue weighted by Gasteiger charge is -2.02. The van der Waals surface area contributed by atoms with Crippen LogP contribution in [0.25, 0.3) is 0 Å². The topological polar surface area (TPSA) is 26.0 Å². The summed E-state index contributed by atoms with van der Waals surface area (Å²) in [6.45, 7) is 1.94. The van der Waals surface area contributed by atoms with Gasteiger partial charge in [-0.15, -0.1) is 0 Å². The molecule has 0 aliphatic carbocycles. The minimum atomic E-state index is 0.676. The van der Waals surface area contributed by atoms with Gasteiger partial charge in [0, 0.05) is 5.69 Å². The number of benzene rings is 1. The molecule has 1 rings (SSSR count). The summed E-state index contributed by atoms with van der Waals surface area (Å²) in [6.07, 6.45) is 0. The van der Waals surface area contributed by atoms with Crippen LogP contribution in [0.3, 0.4) is 0 Å². The second kappa shape index (κ2) is 2.81. The maximum Gasteiger partial charge on any atom is 0.0598 e. The fourth-order valence-electron chi connectivity index (χ4n) is 0.661. The summed E-state index contributed by atoms with van der Waals surface area (Å²) < 4.78 is 0.786. The van der Waals surface area contributed by atoms with Crippen molar-refractivity contribution >= 4 is 33.2 Å². The molecule has 1 aromatic rings. The second-order valence-electron chi connectivity index (χ2n) is 2.10. The number of aryl methyl sites for hydroxylation is 1. The van der Waals surface area contributed by atoms with E-state index in [1.54, 1.807) is 0 Å². The molecular weight excluding hydrogens is 213 g/mol. The Hall–Kier alpha value is -0.210. The first-order valence-electron chi connectivity index (χ1n) is 2.83. The lowest BCUT2D eigenvalue weighted by atomic mass is 10.2. The zero-order valence-corrected chi connectivity index (χ0v) is 7.83. The smallest absolute Gasteiger partial charge is 0.0598 e. The standard InChI is InChI=1S/C7H7BrClN/c1-4-2-3-5(10)6(8)7(4)9/h2-3H,10H2,1H3. The van der Waals surface area contributed by atoms with Gasteiger partial charge in [0.2, 0.25) is 0 Å². The Morgan fingerprint density at radius 2 is 2.10 bits per heavy atom. The van der Waals surface area contributed by atoms with Crippen LogP contribution in [-0.4, -0.2) is 0 Å². The van der Waals surface area contributed by atoms with E-state index in [2.05, 4.69) is 15.9 Å². The molecule has 0 bridgehead atoms. The van der Waals surface area contributed by atoms with Gasteiger partial charge in [-0.25, -0.2) is 0 Å². The fourth-order valence-corrected chi connectivity index (χ4v) is 1.28. The van der Waals surface area contributed by atoms with Crippen LogP contribution in [0.5, 0.6) is 0 Å². The number of rotatable bonds is 0. The van der Waals surface area contributed by atoms with Crippen molar-refractivity contribution < 1.29 is 0 Å². The van der Waals surface area contributed by atoms with Crippen molar-refractivity contribution in [3.8, 4) is 0 Å². The Labute approximate surface area is 73.3 Å². The van der Waals surface area contributed by atoms with Crippen LogP contribution in [0, 0.1) is 6.92 Å². The number of hydrogen-bond donors (Lipinski definition) is 1. The summed E-state index contributed by atoms with van der Waals surface area (Å²) in [5.74, 6) is 0. The van der Waals surface area contributed by atoms with E-state index in [0.717, 1.165) is 10.0 Å². The molecule has 10 heavy (non-hydrogen) atoms. The lowest BCUT2D eigenvalue weighted by Crippen LogP contribution is -1.87. The van der Waals surface area contributed by atoms with E-state index < -0.39 is 0 Å². The van der Waals surface area contributed by atoms with Crippen molar-refractivity contribution in [1.29, 1.82) is 0 Å². The SMILES string of the molecule is Cc1ccc(N)c(Br)c1Cl. The Morgan fingerprint density at radius 3 is 2.60 bits per heavy atom. The molecule has 1 nitrogen and oxygen atoms in total. The van der Waals surface area contributed by atoms with Gasteiger partial charge in [0.15, 0.2) is 0 Å². The predicted molar refractivity (Wildman–Crippen MR) is 48.3 cm³/mol. The fraction of sp³-hybridized carbons (Fsp3) is 0.143. The first kappa shape index (κ1) is 7.89. The van der Waals surface area contributed by atoms with Gasteiger partial charge in [-0.3, -0.25) is 0 Å². The molecule has 0 radical (unpaired) electrons. The zero-order chi connectivity index (χ0) is 7.72. The molecule has 0 unspecified atom stereocenters. The minimum absolute atomic E-state index is 0.676. The van der Waals surface area contributed by atoms with Crippen LogP contribution in [0.15, 0.2) is 16.6 Å². The summed E-state index contributed by atoms with van der Waals surface area (Å²) in [6, 6.07) is 3.72. The average molecular weight is 220 g/mol. The molecule has 0 amide bonds. The van der Waals surface area contributed by atoms with Crippen molar-refractivity contribution in [3.05, 3.63) is 27.2 Å². The molecule has 0 saturated carbocycles. The van der Waals surface area contributed by atoms with Crippen LogP contribution in [0.1, 0.15) is 5.56 Å². The second-order valence-corrected chi connectivity index (χ2v) is 3.27. The Bertz CT molecular complexity index is 233. The van der Waals surface area contributed by atoms with E-state index in [1.807, 2.05) is 19.1 Å². The Morgan fingerprint density at radius 1 is 1.50 bits per heavy atom. The molecule has 0 aromatic heterocycles. The van der Waals surface area contributed by atoms with Crippen molar-refractivity contribution in [2.24, 2.45) is 0 Å². The van der Waals surface area contributed by atoms with Crippen molar-refractivity contribution in [1.82, 2.24) is 0 Å². The van der Waals surface area contributed by atoms with Gasteiger partial charge in [-0.1, -0.05) is 17.7 Å². The average Bonchev–Trinajstić information content (AvgIpc) is 1.93. The largest absolute Gasteiger partial charge is 0.398 e. The molecule has 3 heteroatoms. The van der Waals surface area contributed by atoms with Crippen molar-refractivity contribution in [3.63, 3.8) is 0 Å². The highest BCUT2D eigenvalue weighted by molar-refractivity contribution is 9.10. The molecule has 0 atom stereocenters. The Balaban J connectivity index is 3.34. The normalized spacial score (nSPS) is 9.90. The molecule has 0 spiro atoms. The summed E-state index contributed by atoms with van der Waals surface area (Å²) >= 11 is 9.13. The molecule has 54 valence electrons. The van der Waals surface area contributed by atoms with Gasteiger partial charge in [-0.2, -0.15) is 0 Å². The third-order valence-electron chi connectivity index (χ3n) is 1.31. The van der Waals surface area contributed by atoms with Gasteiger partial charge < -0.3 is 5.73 Å². The quantitative estimate of drug-likeness (QED) is 0.668. The number of nitrogens with two attached hydrogens (primary N) is 1. The molecule has 0 aliphatic rings. The zero-order valence-electron chi connectivity index (χ0n) is 5.49. The monoisotopic (exact) mass is 219 g/mol. The summed E-state index contributed by atoms with van der Waals surface area (Å²) in [5.41, 5.74) is 7.27. The highest BCUT2D eigenvalue weighted by Crippen LogP contribution is 2.30. The van der Waals surface area contributed by atoms with E-state index in [9.17, 15) is 0 Å². The highest BCUT2D eigenvalue weighted by Gasteiger charge is 2.02. The molecule has 0 saturated heterocycles. The van der Waals surface area contributed by atoms with Crippen molar-refractivity contribution in [2.75, 3.05) is 5.73 Å². The molecule has 2 N–H and O–H groups in total. The predicted octanol–water partition coefficient (Wildman–Crippen LogP) is 2.99. The Kier molecular flexibility index (Phi) is 2.21. The van der Waals surface area contributed by atoms with Gasteiger partial charge in [0.1, 0.15) is 0 Å². The maximum absolute atomic E-state index is 5.86. The third kappa shape index (κ3) is 1.27. The van der Waals surface area contributed by atoms with Crippen LogP contribution >= 0.6 is 27.5 Å². The summed E-state index contributed by atoms with van der Waals surface area (Å²) in [7, 11) is 0. The van der Waals surface area contributed by atoms with Crippen LogP contribution in [-0.2, 0) is 0 Å². The number of anilines is 1. The maximum atomic E-state index is 5.86. The molecular formula is C7H7BrClN. The first-order chi connectivity index (χ1) is 4.63. The van der Waals surface area contributed by atoms with Gasteiger partial charge in [0.05, 0.1) is 9.50 Å². The van der Waals surface area contributed by atoms with E-state index in [1.165, 1.54) is 0 Å². The first-order valence-corrected chi connectivity index (χ1v) is 4.00. The van der Waals surface area contributed by atoms with Gasteiger partial charge >= 0.3 is 0 Å².